The summed E-state index contributed by atoms with van der Waals surface area (Å²) in [5, 5.41) is 8.07. The number of hydrogen-bond acceptors (Lipinski definition) is 8. The summed E-state index contributed by atoms with van der Waals surface area (Å²) in [4.78, 5) is 34.3. The first kappa shape index (κ1) is 29.2. The molecule has 0 bridgehead atoms. The molecule has 0 aromatic rings. The molecule has 0 radical (unpaired) electrons. The first-order valence-corrected chi connectivity index (χ1v) is 10.7. The van der Waals surface area contributed by atoms with Crippen molar-refractivity contribution in [1.82, 2.24) is 16.0 Å². The highest BCUT2D eigenvalue weighted by Crippen LogP contribution is 1.89. The minimum absolute atomic E-state index is 0.0824. The summed E-state index contributed by atoms with van der Waals surface area (Å²) in [7, 11) is 1.61. The molecule has 0 atom stereocenters. The van der Waals surface area contributed by atoms with E-state index in [1.165, 1.54) is 0 Å². The molecule has 31 heavy (non-hydrogen) atoms. The van der Waals surface area contributed by atoms with Crippen LogP contribution in [0.5, 0.6) is 0 Å². The molecule has 0 unspecified atom stereocenters. The lowest BCUT2D eigenvalue weighted by atomic mass is 10.3. The number of methoxy groups -OCH3 is 1. The zero-order chi connectivity index (χ0) is 23.0. The third-order valence-electron chi connectivity index (χ3n) is 3.74. The van der Waals surface area contributed by atoms with Crippen LogP contribution in [0, 0.1) is 0 Å². The molecule has 0 spiro atoms. The maximum absolute atomic E-state index is 11.6. The third-order valence-corrected chi connectivity index (χ3v) is 3.74. The van der Waals surface area contributed by atoms with Crippen molar-refractivity contribution in [3.8, 4) is 0 Å². The molecule has 0 aliphatic heterocycles. The van der Waals surface area contributed by atoms with Gasteiger partial charge >= 0.3 is 0 Å². The fourth-order valence-electron chi connectivity index (χ4n) is 2.17. The van der Waals surface area contributed by atoms with Crippen LogP contribution in [0.2, 0.25) is 0 Å². The standard InChI is InChI=1S/C20H39N3O8/c1-3-21-18(24)4-5-19(25)22-7-11-30-15-17-31-16-14-28-9-6-20(26)23-8-10-29-13-12-27-2/h3-17H2,1-2H3,(H,21,24)(H,22,25)(H,23,26). The van der Waals surface area contributed by atoms with Crippen molar-refractivity contribution in [3.05, 3.63) is 0 Å². The van der Waals surface area contributed by atoms with E-state index >= 15 is 0 Å². The SMILES string of the molecule is CCNC(=O)CCC(=O)NCCOCCOCCOCCC(=O)NCCOCCOC. The molecule has 3 amide bonds. The summed E-state index contributed by atoms with van der Waals surface area (Å²) in [6, 6.07) is 0. The number of hydrogen-bond donors (Lipinski definition) is 3. The van der Waals surface area contributed by atoms with Crippen LogP contribution in [0.25, 0.3) is 0 Å². The molecule has 0 aliphatic carbocycles. The fraction of sp³-hybridized carbons (Fsp3) is 0.850. The van der Waals surface area contributed by atoms with Crippen LogP contribution in [-0.4, -0.2) is 104 Å². The highest BCUT2D eigenvalue weighted by molar-refractivity contribution is 5.83. The predicted octanol–water partition coefficient (Wildman–Crippen LogP) is -0.762. The van der Waals surface area contributed by atoms with E-state index in [9.17, 15) is 14.4 Å². The quantitative estimate of drug-likeness (QED) is 0.184. The maximum atomic E-state index is 11.6. The highest BCUT2D eigenvalue weighted by atomic mass is 16.5. The Labute approximate surface area is 184 Å². The van der Waals surface area contributed by atoms with Gasteiger partial charge in [0.1, 0.15) is 0 Å². The Bertz CT molecular complexity index is 466. The van der Waals surface area contributed by atoms with Crippen LogP contribution in [0.3, 0.4) is 0 Å². The zero-order valence-corrected chi connectivity index (χ0v) is 18.9. The van der Waals surface area contributed by atoms with Crippen molar-refractivity contribution in [2.45, 2.75) is 26.2 Å². The molecule has 11 nitrogen and oxygen atoms in total. The average molecular weight is 450 g/mol. The summed E-state index contributed by atoms with van der Waals surface area (Å²) < 4.78 is 26.1. The fourth-order valence-corrected chi connectivity index (χ4v) is 2.17. The van der Waals surface area contributed by atoms with Crippen molar-refractivity contribution in [3.63, 3.8) is 0 Å². The lowest BCUT2D eigenvalue weighted by molar-refractivity contribution is -0.126. The van der Waals surface area contributed by atoms with E-state index in [1.54, 1.807) is 7.11 Å². The molecule has 0 aliphatic rings. The Morgan fingerprint density at radius 1 is 0.548 bits per heavy atom. The normalized spacial score (nSPS) is 10.6. The van der Waals surface area contributed by atoms with Crippen molar-refractivity contribution >= 4 is 17.7 Å². The maximum Gasteiger partial charge on any atom is 0.222 e. The molecular formula is C20H39N3O8. The molecule has 11 heteroatoms. The number of carbonyl (C=O) groups is 3. The summed E-state index contributed by atoms with van der Waals surface area (Å²) in [5.74, 6) is -0.383. The monoisotopic (exact) mass is 449 g/mol. The molecule has 3 N–H and O–H groups in total. The van der Waals surface area contributed by atoms with Gasteiger partial charge in [0.2, 0.25) is 17.7 Å². The molecule has 0 aromatic carbocycles. The van der Waals surface area contributed by atoms with Crippen LogP contribution in [0.15, 0.2) is 0 Å². The summed E-state index contributed by atoms with van der Waals surface area (Å²) in [5.41, 5.74) is 0. The first-order chi connectivity index (χ1) is 15.1. The second-order valence-electron chi connectivity index (χ2n) is 6.35. The molecule has 0 fully saturated rings. The van der Waals surface area contributed by atoms with Gasteiger partial charge in [-0.1, -0.05) is 0 Å². The lowest BCUT2D eigenvalue weighted by Gasteiger charge is -2.08. The Balaban J connectivity index is 3.26. The van der Waals surface area contributed by atoms with Gasteiger partial charge in [-0.05, 0) is 6.92 Å². The summed E-state index contributed by atoms with van der Waals surface area (Å²) in [6.07, 6.45) is 0.640. The van der Waals surface area contributed by atoms with Crippen LogP contribution >= 0.6 is 0 Å². The lowest BCUT2D eigenvalue weighted by Crippen LogP contribution is -2.30. The van der Waals surface area contributed by atoms with Gasteiger partial charge in [-0.2, -0.15) is 0 Å². The molecular weight excluding hydrogens is 410 g/mol. The van der Waals surface area contributed by atoms with Crippen LogP contribution in [0.1, 0.15) is 26.2 Å². The van der Waals surface area contributed by atoms with Gasteiger partial charge in [-0.15, -0.1) is 0 Å². The Morgan fingerprint density at radius 3 is 1.48 bits per heavy atom. The third kappa shape index (κ3) is 22.7. The predicted molar refractivity (Wildman–Crippen MR) is 114 cm³/mol. The van der Waals surface area contributed by atoms with E-state index in [2.05, 4.69) is 16.0 Å². The van der Waals surface area contributed by atoms with E-state index < -0.39 is 0 Å². The Hall–Kier alpha value is -1.79. The Morgan fingerprint density at radius 2 is 0.968 bits per heavy atom. The number of rotatable bonds is 22. The second kappa shape index (κ2) is 22.9. The van der Waals surface area contributed by atoms with E-state index in [0.717, 1.165) is 0 Å². The molecule has 0 saturated heterocycles. The van der Waals surface area contributed by atoms with Crippen molar-refractivity contribution in [2.75, 3.05) is 86.2 Å². The van der Waals surface area contributed by atoms with Gasteiger partial charge < -0.3 is 39.6 Å². The van der Waals surface area contributed by atoms with E-state index in [4.69, 9.17) is 23.7 Å². The highest BCUT2D eigenvalue weighted by Gasteiger charge is 2.05. The van der Waals surface area contributed by atoms with Crippen molar-refractivity contribution in [2.24, 2.45) is 0 Å². The largest absolute Gasteiger partial charge is 0.382 e. The second-order valence-corrected chi connectivity index (χ2v) is 6.35. The van der Waals surface area contributed by atoms with Gasteiger partial charge in [-0.25, -0.2) is 0 Å². The minimum atomic E-state index is -0.174. The van der Waals surface area contributed by atoms with Crippen molar-refractivity contribution in [1.29, 1.82) is 0 Å². The van der Waals surface area contributed by atoms with Crippen molar-refractivity contribution < 1.29 is 38.1 Å². The van der Waals surface area contributed by atoms with E-state index in [-0.39, 0.29) is 37.0 Å². The van der Waals surface area contributed by atoms with Gasteiger partial charge in [0.15, 0.2) is 0 Å². The van der Waals surface area contributed by atoms with Gasteiger partial charge in [-0.3, -0.25) is 14.4 Å². The van der Waals surface area contributed by atoms with E-state index in [1.807, 2.05) is 6.92 Å². The number of carbonyl (C=O) groups excluding carboxylic acids is 3. The molecule has 0 saturated carbocycles. The summed E-state index contributed by atoms with van der Waals surface area (Å²) >= 11 is 0. The van der Waals surface area contributed by atoms with Gasteiger partial charge in [0, 0.05) is 46.0 Å². The average Bonchev–Trinajstić information content (AvgIpc) is 2.75. The minimum Gasteiger partial charge on any atom is -0.382 e. The molecule has 0 aromatic heterocycles. The van der Waals surface area contributed by atoms with Crippen LogP contribution < -0.4 is 16.0 Å². The smallest absolute Gasteiger partial charge is 0.222 e. The topological polar surface area (TPSA) is 133 Å². The first-order valence-electron chi connectivity index (χ1n) is 10.7. The molecule has 0 heterocycles. The zero-order valence-electron chi connectivity index (χ0n) is 18.9. The summed E-state index contributed by atoms with van der Waals surface area (Å²) in [6.45, 7) is 7.08. The number of amides is 3. The number of ether oxygens (including phenoxy) is 5. The molecule has 182 valence electrons. The van der Waals surface area contributed by atoms with E-state index in [0.29, 0.717) is 79.1 Å². The van der Waals surface area contributed by atoms with Gasteiger partial charge in [0.25, 0.3) is 0 Å². The molecule has 0 rings (SSSR count). The number of nitrogens with one attached hydrogen (secondary N) is 3. The van der Waals surface area contributed by atoms with Gasteiger partial charge in [0.05, 0.1) is 59.5 Å². The Kier molecular flexibility index (Phi) is 21.6. The van der Waals surface area contributed by atoms with Crippen LogP contribution in [0.4, 0.5) is 0 Å². The van der Waals surface area contributed by atoms with Crippen LogP contribution in [-0.2, 0) is 38.1 Å².